The van der Waals surface area contributed by atoms with Crippen molar-refractivity contribution in [1.82, 2.24) is 0 Å². The second-order valence-corrected chi connectivity index (χ2v) is 7.81. The molecule has 0 aliphatic rings. The Labute approximate surface area is 176 Å². The quantitative estimate of drug-likeness (QED) is 0.522. The van der Waals surface area contributed by atoms with Crippen LogP contribution in [0.5, 0.6) is 11.5 Å². The molecule has 1 unspecified atom stereocenters. The lowest BCUT2D eigenvalue weighted by molar-refractivity contribution is -0.119. The summed E-state index contributed by atoms with van der Waals surface area (Å²) in [6.07, 6.45) is 0.611. The van der Waals surface area contributed by atoms with E-state index in [1.165, 1.54) is 0 Å². The van der Waals surface area contributed by atoms with E-state index in [2.05, 4.69) is 17.4 Å². The van der Waals surface area contributed by atoms with Crippen LogP contribution < -0.4 is 14.8 Å². The molecule has 0 saturated carbocycles. The van der Waals surface area contributed by atoms with Crippen LogP contribution in [0.4, 0.5) is 5.69 Å². The summed E-state index contributed by atoms with van der Waals surface area (Å²) in [6, 6.07) is 23.7. The van der Waals surface area contributed by atoms with Crippen molar-refractivity contribution < 1.29 is 14.3 Å². The van der Waals surface area contributed by atoms with Gasteiger partial charge in [0, 0.05) is 15.7 Å². The fourth-order valence-corrected chi connectivity index (χ4v) is 3.91. The summed E-state index contributed by atoms with van der Waals surface area (Å²) in [7, 11) is 3.22. The second kappa shape index (κ2) is 10.0. The molecule has 0 aliphatic carbocycles. The first-order valence-corrected chi connectivity index (χ1v) is 10.3. The molecule has 150 valence electrons. The van der Waals surface area contributed by atoms with Gasteiger partial charge in [0.1, 0.15) is 0 Å². The maximum absolute atomic E-state index is 12.8. The van der Waals surface area contributed by atoms with Gasteiger partial charge in [-0.15, -0.1) is 0 Å². The van der Waals surface area contributed by atoms with Crippen LogP contribution in [-0.2, 0) is 11.2 Å². The molecule has 0 aromatic heterocycles. The van der Waals surface area contributed by atoms with Crippen molar-refractivity contribution in [1.29, 1.82) is 0 Å². The normalized spacial score (nSPS) is 11.6. The van der Waals surface area contributed by atoms with Gasteiger partial charge in [-0.3, -0.25) is 4.79 Å². The molecular formula is C24H25NO3S. The Morgan fingerprint density at radius 2 is 1.62 bits per heavy atom. The minimum Gasteiger partial charge on any atom is -0.493 e. The fourth-order valence-electron chi connectivity index (χ4n) is 2.98. The largest absolute Gasteiger partial charge is 0.493 e. The van der Waals surface area contributed by atoms with Crippen molar-refractivity contribution >= 4 is 23.4 Å². The lowest BCUT2D eigenvalue weighted by atomic mass is 10.00. The van der Waals surface area contributed by atoms with E-state index in [0.717, 1.165) is 21.0 Å². The summed E-state index contributed by atoms with van der Waals surface area (Å²) in [5.41, 5.74) is 1.85. The van der Waals surface area contributed by atoms with E-state index in [4.69, 9.17) is 9.47 Å². The smallest absolute Gasteiger partial charge is 0.227 e. The van der Waals surface area contributed by atoms with Crippen LogP contribution in [0.2, 0.25) is 0 Å². The molecule has 0 aliphatic heterocycles. The second-order valence-electron chi connectivity index (χ2n) is 6.70. The van der Waals surface area contributed by atoms with Gasteiger partial charge in [0.2, 0.25) is 5.91 Å². The molecule has 3 aromatic rings. The number of nitrogens with one attached hydrogen (secondary N) is 1. The predicted octanol–water partition coefficient (Wildman–Crippen LogP) is 5.67. The van der Waals surface area contributed by atoms with Gasteiger partial charge in [-0.1, -0.05) is 55.1 Å². The lowest BCUT2D eigenvalue weighted by Gasteiger charge is -2.16. The number of anilines is 1. The lowest BCUT2D eigenvalue weighted by Crippen LogP contribution is -2.22. The molecule has 3 aromatic carbocycles. The first kappa shape index (κ1) is 20.8. The van der Waals surface area contributed by atoms with Crippen LogP contribution in [0.15, 0.2) is 82.6 Å². The van der Waals surface area contributed by atoms with Crippen LogP contribution in [-0.4, -0.2) is 20.1 Å². The van der Waals surface area contributed by atoms with Crippen LogP contribution in [0.3, 0.4) is 0 Å². The fraction of sp³-hybridized carbons (Fsp3) is 0.208. The molecule has 1 N–H and O–H groups in total. The number of carbonyl (C=O) groups excluding carboxylic acids is 1. The van der Waals surface area contributed by atoms with Gasteiger partial charge in [-0.2, -0.15) is 0 Å². The molecule has 29 heavy (non-hydrogen) atoms. The first-order chi connectivity index (χ1) is 14.1. The Hall–Kier alpha value is -2.92. The van der Waals surface area contributed by atoms with Crippen molar-refractivity contribution in [2.75, 3.05) is 19.5 Å². The summed E-state index contributed by atoms with van der Waals surface area (Å²) in [5.74, 6) is 1.14. The maximum atomic E-state index is 12.8. The number of methoxy groups -OCH3 is 2. The van der Waals surface area contributed by atoms with Gasteiger partial charge in [0.25, 0.3) is 0 Å². The molecule has 5 heteroatoms. The van der Waals surface area contributed by atoms with Gasteiger partial charge in [-0.25, -0.2) is 0 Å². The topological polar surface area (TPSA) is 47.6 Å². The van der Waals surface area contributed by atoms with E-state index in [-0.39, 0.29) is 11.8 Å². The zero-order valence-corrected chi connectivity index (χ0v) is 17.7. The molecule has 0 spiro atoms. The van der Waals surface area contributed by atoms with Gasteiger partial charge >= 0.3 is 0 Å². The van der Waals surface area contributed by atoms with Gasteiger partial charge < -0.3 is 14.8 Å². The van der Waals surface area contributed by atoms with Gasteiger partial charge in [0.15, 0.2) is 11.5 Å². The van der Waals surface area contributed by atoms with Crippen LogP contribution in [0.25, 0.3) is 0 Å². The molecule has 1 amide bonds. The van der Waals surface area contributed by atoms with E-state index in [1.807, 2.05) is 67.6 Å². The van der Waals surface area contributed by atoms with E-state index < -0.39 is 0 Å². The van der Waals surface area contributed by atoms with E-state index in [0.29, 0.717) is 17.9 Å². The molecular weight excluding hydrogens is 382 g/mol. The van der Waals surface area contributed by atoms with Crippen molar-refractivity contribution in [3.63, 3.8) is 0 Å². The number of amides is 1. The third-order valence-corrected chi connectivity index (χ3v) is 5.64. The Morgan fingerprint density at radius 1 is 0.931 bits per heavy atom. The number of para-hydroxylation sites is 1. The third kappa shape index (κ3) is 5.55. The van der Waals surface area contributed by atoms with E-state index in [1.54, 1.807) is 26.0 Å². The third-order valence-electron chi connectivity index (χ3n) is 4.55. The Morgan fingerprint density at radius 3 is 2.34 bits per heavy atom. The van der Waals surface area contributed by atoms with Crippen LogP contribution >= 0.6 is 11.8 Å². The first-order valence-electron chi connectivity index (χ1n) is 9.44. The van der Waals surface area contributed by atoms with Crippen molar-refractivity contribution in [3.8, 4) is 11.5 Å². The maximum Gasteiger partial charge on any atom is 0.227 e. The monoisotopic (exact) mass is 407 g/mol. The minimum atomic E-state index is -0.192. The van der Waals surface area contributed by atoms with E-state index >= 15 is 0 Å². The average Bonchev–Trinajstić information content (AvgIpc) is 2.75. The summed E-state index contributed by atoms with van der Waals surface area (Å²) in [5, 5.41) is 3.09. The number of ether oxygens (including phenoxy) is 2. The highest BCUT2D eigenvalue weighted by molar-refractivity contribution is 7.99. The molecule has 0 radical (unpaired) electrons. The number of rotatable bonds is 8. The molecule has 3 rings (SSSR count). The zero-order valence-electron chi connectivity index (χ0n) is 16.8. The zero-order chi connectivity index (χ0) is 20.6. The van der Waals surface area contributed by atoms with Gasteiger partial charge in [0.05, 0.1) is 19.9 Å². The highest BCUT2D eigenvalue weighted by Gasteiger charge is 2.17. The minimum absolute atomic E-state index is 0.0131. The summed E-state index contributed by atoms with van der Waals surface area (Å²) < 4.78 is 10.6. The number of hydrogen-bond donors (Lipinski definition) is 1. The standard InChI is InChI=1S/C24H25NO3S/c1-17(15-18-13-14-21(27-2)22(16-18)28-3)24(26)25-20-11-7-8-12-23(20)29-19-9-5-4-6-10-19/h4-14,16-17H,15H2,1-3H3,(H,25,26). The molecule has 4 nitrogen and oxygen atoms in total. The predicted molar refractivity (Wildman–Crippen MR) is 118 cm³/mol. The molecule has 1 atom stereocenters. The average molecular weight is 408 g/mol. The molecule has 0 bridgehead atoms. The Kier molecular flexibility index (Phi) is 7.19. The highest BCUT2D eigenvalue weighted by Crippen LogP contribution is 2.33. The number of carbonyl (C=O) groups is 1. The van der Waals surface area contributed by atoms with Crippen molar-refractivity contribution in [3.05, 3.63) is 78.4 Å². The summed E-state index contributed by atoms with van der Waals surface area (Å²) in [6.45, 7) is 1.93. The van der Waals surface area contributed by atoms with Crippen molar-refractivity contribution in [2.45, 2.75) is 23.1 Å². The van der Waals surface area contributed by atoms with Crippen LogP contribution in [0, 0.1) is 5.92 Å². The summed E-state index contributed by atoms with van der Waals surface area (Å²) in [4.78, 5) is 15.0. The van der Waals surface area contributed by atoms with Gasteiger partial charge in [-0.05, 0) is 48.4 Å². The van der Waals surface area contributed by atoms with Crippen molar-refractivity contribution in [2.24, 2.45) is 5.92 Å². The SMILES string of the molecule is COc1ccc(CC(C)C(=O)Nc2ccccc2Sc2ccccc2)cc1OC. The number of benzene rings is 3. The number of hydrogen-bond acceptors (Lipinski definition) is 4. The Balaban J connectivity index is 1.69. The molecule has 0 fully saturated rings. The summed E-state index contributed by atoms with van der Waals surface area (Å²) >= 11 is 1.64. The van der Waals surface area contributed by atoms with E-state index in [9.17, 15) is 4.79 Å². The molecule has 0 heterocycles. The Bertz CT molecular complexity index is 959. The molecule has 0 saturated heterocycles. The highest BCUT2D eigenvalue weighted by atomic mass is 32.2. The van der Waals surface area contributed by atoms with Crippen LogP contribution in [0.1, 0.15) is 12.5 Å².